The van der Waals surface area contributed by atoms with E-state index in [1.807, 2.05) is 25.4 Å². The topological polar surface area (TPSA) is 47.3 Å². The second kappa shape index (κ2) is 5.94. The molecule has 19 heavy (non-hydrogen) atoms. The number of aliphatic hydroxyl groups is 1. The van der Waals surface area contributed by atoms with Crippen LogP contribution in [0.3, 0.4) is 0 Å². The van der Waals surface area contributed by atoms with E-state index in [0.717, 1.165) is 22.7 Å². The summed E-state index contributed by atoms with van der Waals surface area (Å²) >= 11 is 7.76. The largest absolute Gasteiger partial charge is 0.495 e. The van der Waals surface area contributed by atoms with Crippen molar-refractivity contribution in [3.63, 3.8) is 0 Å². The first-order valence-corrected chi connectivity index (χ1v) is 7.33. The summed E-state index contributed by atoms with van der Waals surface area (Å²) in [4.78, 5) is 0.817. The molecular formula is C13H17ClN2O2S. The summed E-state index contributed by atoms with van der Waals surface area (Å²) in [5, 5.41) is 17.2. The van der Waals surface area contributed by atoms with E-state index < -0.39 is 6.10 Å². The minimum atomic E-state index is -0.632. The number of ether oxygens (including phenoxy) is 1. The van der Waals surface area contributed by atoms with Crippen molar-refractivity contribution in [3.8, 4) is 5.75 Å². The van der Waals surface area contributed by atoms with Gasteiger partial charge in [0.25, 0.3) is 0 Å². The molecular weight excluding hydrogens is 284 g/mol. The summed E-state index contributed by atoms with van der Waals surface area (Å²) in [5.74, 6) is 0.714. The number of hydrogen-bond donors (Lipinski definition) is 1. The Morgan fingerprint density at radius 3 is 2.89 bits per heavy atom. The van der Waals surface area contributed by atoms with E-state index in [1.165, 1.54) is 11.3 Å². The highest BCUT2D eigenvalue weighted by molar-refractivity contribution is 7.10. The van der Waals surface area contributed by atoms with Crippen molar-refractivity contribution in [2.24, 2.45) is 7.05 Å². The minimum absolute atomic E-state index is 0.430. The van der Waals surface area contributed by atoms with Gasteiger partial charge in [0.2, 0.25) is 0 Å². The molecule has 0 aromatic carbocycles. The van der Waals surface area contributed by atoms with E-state index in [1.54, 1.807) is 11.8 Å². The van der Waals surface area contributed by atoms with Crippen molar-refractivity contribution >= 4 is 22.9 Å². The Balaban J connectivity index is 2.24. The summed E-state index contributed by atoms with van der Waals surface area (Å²) in [6.45, 7) is 2.01. The third-order valence-corrected chi connectivity index (χ3v) is 4.51. The van der Waals surface area contributed by atoms with Gasteiger partial charge in [0.15, 0.2) is 0 Å². The van der Waals surface area contributed by atoms with E-state index in [9.17, 15) is 5.11 Å². The second-order valence-corrected chi connectivity index (χ2v) is 5.58. The molecule has 1 unspecified atom stereocenters. The van der Waals surface area contributed by atoms with Crippen LogP contribution in [0.4, 0.5) is 0 Å². The fourth-order valence-corrected chi connectivity index (χ4v) is 3.26. The van der Waals surface area contributed by atoms with Crippen LogP contribution in [0.2, 0.25) is 5.02 Å². The molecule has 6 heteroatoms. The third-order valence-electron chi connectivity index (χ3n) is 3.07. The number of thiophene rings is 1. The lowest BCUT2D eigenvalue weighted by Gasteiger charge is -2.11. The van der Waals surface area contributed by atoms with E-state index >= 15 is 0 Å². The maximum absolute atomic E-state index is 10.3. The summed E-state index contributed by atoms with van der Waals surface area (Å²) in [7, 11) is 3.45. The molecule has 1 atom stereocenters. The van der Waals surface area contributed by atoms with Gasteiger partial charge in [-0.05, 0) is 17.9 Å². The molecule has 0 saturated carbocycles. The SMILES string of the molecule is CCc1nn(C)c(CC(O)c2sccc2OC)c1Cl. The van der Waals surface area contributed by atoms with Crippen molar-refractivity contribution < 1.29 is 9.84 Å². The number of halogens is 1. The number of methoxy groups -OCH3 is 1. The second-order valence-electron chi connectivity index (χ2n) is 4.26. The predicted molar refractivity (Wildman–Crippen MR) is 77.1 cm³/mol. The Hall–Kier alpha value is -1.04. The van der Waals surface area contributed by atoms with E-state index in [4.69, 9.17) is 16.3 Å². The van der Waals surface area contributed by atoms with Crippen LogP contribution in [-0.2, 0) is 19.9 Å². The maximum Gasteiger partial charge on any atom is 0.135 e. The molecule has 2 heterocycles. The van der Waals surface area contributed by atoms with Crippen LogP contribution in [0, 0.1) is 0 Å². The van der Waals surface area contributed by atoms with E-state index in [2.05, 4.69) is 5.10 Å². The lowest BCUT2D eigenvalue weighted by molar-refractivity contribution is 0.175. The average molecular weight is 301 g/mol. The highest BCUT2D eigenvalue weighted by Gasteiger charge is 2.20. The highest BCUT2D eigenvalue weighted by Crippen LogP contribution is 2.34. The van der Waals surface area contributed by atoms with Crippen molar-refractivity contribution in [1.29, 1.82) is 0 Å². The molecule has 0 spiro atoms. The van der Waals surface area contributed by atoms with Crippen LogP contribution in [-0.4, -0.2) is 22.0 Å². The standard InChI is InChI=1S/C13H17ClN2O2S/c1-4-8-12(14)9(16(2)15-8)7-10(17)13-11(18-3)5-6-19-13/h5-6,10,17H,4,7H2,1-3H3. The first-order chi connectivity index (χ1) is 9.08. The molecule has 0 saturated heterocycles. The number of aliphatic hydroxyl groups excluding tert-OH is 1. The highest BCUT2D eigenvalue weighted by atomic mass is 35.5. The molecule has 104 valence electrons. The zero-order chi connectivity index (χ0) is 14.0. The van der Waals surface area contributed by atoms with Gasteiger partial charge < -0.3 is 9.84 Å². The Labute approximate surface area is 121 Å². The van der Waals surface area contributed by atoms with Crippen molar-refractivity contribution in [2.45, 2.75) is 25.9 Å². The summed E-state index contributed by atoms with van der Waals surface area (Å²) < 4.78 is 6.97. The van der Waals surface area contributed by atoms with Gasteiger partial charge in [-0.1, -0.05) is 18.5 Å². The van der Waals surface area contributed by atoms with Gasteiger partial charge in [0.05, 0.1) is 34.5 Å². The zero-order valence-corrected chi connectivity index (χ0v) is 12.8. The minimum Gasteiger partial charge on any atom is -0.495 e. The quantitative estimate of drug-likeness (QED) is 0.923. The normalized spacial score (nSPS) is 12.7. The molecule has 1 N–H and O–H groups in total. The fourth-order valence-electron chi connectivity index (χ4n) is 2.04. The van der Waals surface area contributed by atoms with Gasteiger partial charge in [0, 0.05) is 13.5 Å². The molecule has 2 aromatic heterocycles. The number of hydrogen-bond acceptors (Lipinski definition) is 4. The number of aryl methyl sites for hydroxylation is 2. The molecule has 2 rings (SSSR count). The molecule has 0 aliphatic rings. The number of nitrogens with zero attached hydrogens (tertiary/aromatic N) is 2. The Kier molecular flexibility index (Phi) is 4.50. The van der Waals surface area contributed by atoms with Crippen LogP contribution in [0.25, 0.3) is 0 Å². The van der Waals surface area contributed by atoms with Gasteiger partial charge in [-0.25, -0.2) is 0 Å². The van der Waals surface area contributed by atoms with Gasteiger partial charge >= 0.3 is 0 Å². The average Bonchev–Trinajstić information content (AvgIpc) is 2.97. The number of aromatic nitrogens is 2. The molecule has 0 bridgehead atoms. The third kappa shape index (κ3) is 2.78. The van der Waals surface area contributed by atoms with Crippen LogP contribution in [0.15, 0.2) is 11.4 Å². The predicted octanol–water partition coefficient (Wildman–Crippen LogP) is 2.98. The Morgan fingerprint density at radius 2 is 2.32 bits per heavy atom. The fraction of sp³-hybridized carbons (Fsp3) is 0.462. The molecule has 0 amide bonds. The molecule has 0 radical (unpaired) electrons. The van der Waals surface area contributed by atoms with Crippen LogP contribution >= 0.6 is 22.9 Å². The van der Waals surface area contributed by atoms with Gasteiger partial charge in [0.1, 0.15) is 5.75 Å². The molecule has 2 aromatic rings. The molecule has 0 fully saturated rings. The lowest BCUT2D eigenvalue weighted by Crippen LogP contribution is -2.06. The first kappa shape index (κ1) is 14.4. The lowest BCUT2D eigenvalue weighted by atomic mass is 10.1. The molecule has 0 aliphatic heterocycles. The molecule has 0 aliphatic carbocycles. The van der Waals surface area contributed by atoms with Crippen molar-refractivity contribution in [3.05, 3.63) is 32.7 Å². The van der Waals surface area contributed by atoms with Gasteiger partial charge in [-0.3, -0.25) is 4.68 Å². The Bertz CT molecular complexity index is 565. The Morgan fingerprint density at radius 1 is 1.58 bits per heavy atom. The smallest absolute Gasteiger partial charge is 0.135 e. The van der Waals surface area contributed by atoms with Crippen LogP contribution in [0.5, 0.6) is 5.75 Å². The van der Waals surface area contributed by atoms with E-state index in [-0.39, 0.29) is 0 Å². The summed E-state index contributed by atoms with van der Waals surface area (Å²) in [6.07, 6.45) is 0.581. The summed E-state index contributed by atoms with van der Waals surface area (Å²) in [6, 6.07) is 1.85. The van der Waals surface area contributed by atoms with Gasteiger partial charge in [-0.2, -0.15) is 5.10 Å². The van der Waals surface area contributed by atoms with Crippen LogP contribution in [0.1, 0.15) is 29.3 Å². The van der Waals surface area contributed by atoms with Crippen molar-refractivity contribution in [1.82, 2.24) is 9.78 Å². The summed E-state index contributed by atoms with van der Waals surface area (Å²) in [5.41, 5.74) is 1.71. The number of rotatable bonds is 5. The van der Waals surface area contributed by atoms with E-state index in [0.29, 0.717) is 17.2 Å². The zero-order valence-electron chi connectivity index (χ0n) is 11.2. The van der Waals surface area contributed by atoms with Crippen LogP contribution < -0.4 is 4.74 Å². The first-order valence-electron chi connectivity index (χ1n) is 6.08. The molecule has 4 nitrogen and oxygen atoms in total. The van der Waals surface area contributed by atoms with Gasteiger partial charge in [-0.15, -0.1) is 11.3 Å². The van der Waals surface area contributed by atoms with Crippen molar-refractivity contribution in [2.75, 3.05) is 7.11 Å². The monoisotopic (exact) mass is 300 g/mol. The maximum atomic E-state index is 10.3.